The van der Waals surface area contributed by atoms with Crippen molar-refractivity contribution in [1.82, 2.24) is 24.0 Å². The van der Waals surface area contributed by atoms with E-state index in [-0.39, 0.29) is 0 Å². The number of halogens is 1. The fourth-order valence-electron chi connectivity index (χ4n) is 1.92. The Morgan fingerprint density at radius 2 is 2.28 bits per heavy atom. The summed E-state index contributed by atoms with van der Waals surface area (Å²) in [6.45, 7) is 0.553. The maximum atomic E-state index is 9.02. The number of hydrogen-bond acceptors (Lipinski definition) is 3. The second-order valence-electron chi connectivity index (χ2n) is 3.95. The van der Waals surface area contributed by atoms with Gasteiger partial charge in [0.05, 0.1) is 18.4 Å². The van der Waals surface area contributed by atoms with Gasteiger partial charge in [-0.2, -0.15) is 15.5 Å². The topological polar surface area (TPSA) is 63.8 Å². The summed E-state index contributed by atoms with van der Waals surface area (Å²) >= 11 is 5.95. The van der Waals surface area contributed by atoms with Gasteiger partial charge in [-0.05, 0) is 0 Å². The van der Waals surface area contributed by atoms with Gasteiger partial charge in [0.25, 0.3) is 0 Å². The van der Waals surface area contributed by atoms with E-state index in [9.17, 15) is 0 Å². The second kappa shape index (κ2) is 3.89. The van der Waals surface area contributed by atoms with Crippen LogP contribution in [0.25, 0.3) is 5.65 Å². The van der Waals surface area contributed by atoms with Crippen molar-refractivity contribution in [2.45, 2.75) is 6.54 Å². The van der Waals surface area contributed by atoms with Gasteiger partial charge in [-0.3, -0.25) is 4.68 Å². The Hall–Kier alpha value is -2.26. The third-order valence-corrected chi connectivity index (χ3v) is 3.11. The van der Waals surface area contributed by atoms with E-state index in [4.69, 9.17) is 16.9 Å². The fourth-order valence-corrected chi connectivity index (χ4v) is 2.09. The standard InChI is InChI=1S/C11H9ClN6/c1-16-10(12)4-9(15-16)7-17-2-3-18-11(17)8(5-13)6-14-18/h2-4,6H,7H2,1H3. The molecule has 0 unspecified atom stereocenters. The highest BCUT2D eigenvalue weighted by atomic mass is 35.5. The number of nitriles is 1. The van der Waals surface area contributed by atoms with Gasteiger partial charge in [0.1, 0.15) is 16.8 Å². The molecule has 6 nitrogen and oxygen atoms in total. The summed E-state index contributed by atoms with van der Waals surface area (Å²) in [5.74, 6) is 0. The molecule has 0 saturated heterocycles. The lowest BCUT2D eigenvalue weighted by atomic mass is 10.3. The van der Waals surface area contributed by atoms with Crippen LogP contribution < -0.4 is 0 Å². The van der Waals surface area contributed by atoms with Crippen LogP contribution in [0, 0.1) is 11.3 Å². The quantitative estimate of drug-likeness (QED) is 0.700. The molecule has 18 heavy (non-hydrogen) atoms. The number of aryl methyl sites for hydroxylation is 1. The highest BCUT2D eigenvalue weighted by Crippen LogP contribution is 2.15. The molecule has 0 atom stereocenters. The Kier molecular flexibility index (Phi) is 2.35. The minimum absolute atomic E-state index is 0.544. The van der Waals surface area contributed by atoms with Gasteiger partial charge in [-0.1, -0.05) is 11.6 Å². The lowest BCUT2D eigenvalue weighted by Crippen LogP contribution is -2.01. The maximum Gasteiger partial charge on any atom is 0.154 e. The smallest absolute Gasteiger partial charge is 0.154 e. The average molecular weight is 261 g/mol. The van der Waals surface area contributed by atoms with Crippen LogP contribution in [-0.4, -0.2) is 24.0 Å². The van der Waals surface area contributed by atoms with Gasteiger partial charge in [-0.25, -0.2) is 4.52 Å². The first kappa shape index (κ1) is 10.9. The lowest BCUT2D eigenvalue weighted by Gasteiger charge is -2.00. The zero-order chi connectivity index (χ0) is 12.7. The van der Waals surface area contributed by atoms with Gasteiger partial charge < -0.3 is 4.57 Å². The molecule has 0 aromatic carbocycles. The van der Waals surface area contributed by atoms with E-state index in [1.165, 1.54) is 0 Å². The van der Waals surface area contributed by atoms with Crippen molar-refractivity contribution in [2.24, 2.45) is 7.05 Å². The molecule has 0 aliphatic heterocycles. The molecular formula is C11H9ClN6. The minimum atomic E-state index is 0.544. The highest BCUT2D eigenvalue weighted by Gasteiger charge is 2.10. The molecule has 0 amide bonds. The Morgan fingerprint density at radius 3 is 2.94 bits per heavy atom. The van der Waals surface area contributed by atoms with E-state index in [2.05, 4.69) is 16.3 Å². The molecule has 3 aromatic heterocycles. The molecule has 0 fully saturated rings. The van der Waals surface area contributed by atoms with E-state index < -0.39 is 0 Å². The number of fused-ring (bicyclic) bond motifs is 1. The molecule has 0 bridgehead atoms. The lowest BCUT2D eigenvalue weighted by molar-refractivity contribution is 0.715. The SMILES string of the molecule is Cn1nc(Cn2ccn3ncc(C#N)c23)cc1Cl. The summed E-state index contributed by atoms with van der Waals surface area (Å²) in [7, 11) is 1.79. The molecule has 90 valence electrons. The molecule has 0 spiro atoms. The van der Waals surface area contributed by atoms with Crippen LogP contribution in [0.5, 0.6) is 0 Å². The Balaban J connectivity index is 2.05. The van der Waals surface area contributed by atoms with E-state index in [0.717, 1.165) is 11.3 Å². The van der Waals surface area contributed by atoms with E-state index in [0.29, 0.717) is 17.3 Å². The zero-order valence-electron chi connectivity index (χ0n) is 9.58. The average Bonchev–Trinajstić information content (AvgIpc) is 2.98. The summed E-state index contributed by atoms with van der Waals surface area (Å²) in [4.78, 5) is 0. The van der Waals surface area contributed by atoms with E-state index in [1.807, 2.05) is 10.8 Å². The van der Waals surface area contributed by atoms with Crippen LogP contribution in [-0.2, 0) is 13.6 Å². The van der Waals surface area contributed by atoms with Gasteiger partial charge >= 0.3 is 0 Å². The second-order valence-corrected chi connectivity index (χ2v) is 4.33. The van der Waals surface area contributed by atoms with Crippen molar-refractivity contribution in [2.75, 3.05) is 0 Å². The van der Waals surface area contributed by atoms with Gasteiger partial charge in [-0.15, -0.1) is 0 Å². The van der Waals surface area contributed by atoms with Crippen LogP contribution in [0.1, 0.15) is 11.3 Å². The van der Waals surface area contributed by atoms with E-state index >= 15 is 0 Å². The van der Waals surface area contributed by atoms with Crippen molar-refractivity contribution >= 4 is 17.2 Å². The number of aromatic nitrogens is 5. The van der Waals surface area contributed by atoms with Crippen LogP contribution >= 0.6 is 11.6 Å². The van der Waals surface area contributed by atoms with Crippen molar-refractivity contribution in [1.29, 1.82) is 5.26 Å². The predicted molar refractivity (Wildman–Crippen MR) is 65.2 cm³/mol. The third-order valence-electron chi connectivity index (χ3n) is 2.76. The number of rotatable bonds is 2. The monoisotopic (exact) mass is 260 g/mol. The molecule has 0 aliphatic carbocycles. The van der Waals surface area contributed by atoms with Crippen LogP contribution in [0.2, 0.25) is 5.15 Å². The largest absolute Gasteiger partial charge is 0.324 e. The van der Waals surface area contributed by atoms with Crippen molar-refractivity contribution in [3.63, 3.8) is 0 Å². The van der Waals surface area contributed by atoms with Crippen molar-refractivity contribution in [3.8, 4) is 6.07 Å². The zero-order valence-corrected chi connectivity index (χ0v) is 10.3. The molecule has 3 rings (SSSR count). The van der Waals surface area contributed by atoms with Crippen molar-refractivity contribution in [3.05, 3.63) is 41.1 Å². The molecule has 0 radical (unpaired) electrons. The first-order valence-electron chi connectivity index (χ1n) is 5.30. The maximum absolute atomic E-state index is 9.02. The van der Waals surface area contributed by atoms with Crippen LogP contribution in [0.3, 0.4) is 0 Å². The first-order chi connectivity index (χ1) is 8.69. The van der Waals surface area contributed by atoms with Gasteiger partial charge in [0, 0.05) is 25.5 Å². The fraction of sp³-hybridized carbons (Fsp3) is 0.182. The molecular weight excluding hydrogens is 252 g/mol. The highest BCUT2D eigenvalue weighted by molar-refractivity contribution is 6.29. The normalized spacial score (nSPS) is 10.9. The van der Waals surface area contributed by atoms with Gasteiger partial charge in [0.2, 0.25) is 0 Å². The van der Waals surface area contributed by atoms with Crippen LogP contribution in [0.15, 0.2) is 24.7 Å². The summed E-state index contributed by atoms with van der Waals surface area (Å²) in [5, 5.41) is 18.0. The molecule has 0 N–H and O–H groups in total. The molecule has 3 heterocycles. The predicted octanol–water partition coefficient (Wildman–Crippen LogP) is 1.44. The number of hydrogen-bond donors (Lipinski definition) is 0. The van der Waals surface area contributed by atoms with Gasteiger partial charge in [0.15, 0.2) is 5.65 Å². The Bertz CT molecular complexity index is 737. The molecule has 3 aromatic rings. The third kappa shape index (κ3) is 1.57. The Morgan fingerprint density at radius 1 is 1.44 bits per heavy atom. The van der Waals surface area contributed by atoms with Crippen LogP contribution in [0.4, 0.5) is 0 Å². The minimum Gasteiger partial charge on any atom is -0.324 e. The summed E-state index contributed by atoms with van der Waals surface area (Å²) < 4.78 is 5.20. The molecule has 7 heteroatoms. The molecule has 0 saturated carbocycles. The molecule has 0 aliphatic rings. The number of nitrogens with zero attached hydrogens (tertiary/aromatic N) is 6. The summed E-state index contributed by atoms with van der Waals surface area (Å²) in [6, 6.07) is 3.93. The van der Waals surface area contributed by atoms with E-state index in [1.54, 1.807) is 34.7 Å². The van der Waals surface area contributed by atoms with Crippen molar-refractivity contribution < 1.29 is 0 Å². The Labute approximate surface area is 108 Å². The number of imidazole rings is 1. The summed E-state index contributed by atoms with van der Waals surface area (Å²) in [6.07, 6.45) is 5.23. The first-order valence-corrected chi connectivity index (χ1v) is 5.68. The summed E-state index contributed by atoms with van der Waals surface area (Å²) in [5.41, 5.74) is 2.15.